The Labute approximate surface area is 133 Å². The van der Waals surface area contributed by atoms with Crippen molar-refractivity contribution in [1.82, 2.24) is 5.32 Å². The second-order valence-corrected chi connectivity index (χ2v) is 5.67. The average molecular weight is 311 g/mol. The Kier molecular flexibility index (Phi) is 4.12. The minimum Gasteiger partial charge on any atom is -0.481 e. The topological polar surface area (TPSA) is 86.6 Å². The van der Waals surface area contributed by atoms with Crippen molar-refractivity contribution in [3.63, 3.8) is 0 Å². The van der Waals surface area contributed by atoms with Crippen molar-refractivity contribution in [2.24, 2.45) is 5.92 Å². The lowest BCUT2D eigenvalue weighted by Gasteiger charge is -2.21. The summed E-state index contributed by atoms with van der Waals surface area (Å²) >= 11 is 0. The first-order valence-electron chi connectivity index (χ1n) is 7.41. The molecule has 2 aromatic carbocycles. The highest BCUT2D eigenvalue weighted by Gasteiger charge is 2.50. The summed E-state index contributed by atoms with van der Waals surface area (Å²) in [6.45, 7) is 0. The zero-order valence-corrected chi connectivity index (χ0v) is 12.3. The van der Waals surface area contributed by atoms with E-state index in [0.29, 0.717) is 0 Å². The van der Waals surface area contributed by atoms with Gasteiger partial charge >= 0.3 is 11.9 Å². The van der Waals surface area contributed by atoms with Gasteiger partial charge in [-0.25, -0.2) is 0 Å². The molecule has 3 N–H and O–H groups in total. The van der Waals surface area contributed by atoms with Crippen LogP contribution in [-0.2, 0) is 9.59 Å². The predicted molar refractivity (Wildman–Crippen MR) is 84.1 cm³/mol. The van der Waals surface area contributed by atoms with Crippen LogP contribution in [-0.4, -0.2) is 28.2 Å². The van der Waals surface area contributed by atoms with Crippen LogP contribution in [0.5, 0.6) is 0 Å². The number of rotatable bonds is 4. The molecule has 5 nitrogen and oxygen atoms in total. The first-order valence-corrected chi connectivity index (χ1v) is 7.41. The molecule has 3 rings (SSSR count). The molecule has 0 bridgehead atoms. The fraction of sp³-hybridized carbons (Fsp3) is 0.222. The van der Waals surface area contributed by atoms with Gasteiger partial charge in [0.2, 0.25) is 0 Å². The van der Waals surface area contributed by atoms with Crippen molar-refractivity contribution < 1.29 is 19.8 Å². The number of carbonyl (C=O) groups is 2. The third kappa shape index (κ3) is 2.83. The summed E-state index contributed by atoms with van der Waals surface area (Å²) < 4.78 is 0. The van der Waals surface area contributed by atoms with E-state index < -0.39 is 35.9 Å². The van der Waals surface area contributed by atoms with Crippen LogP contribution in [0.3, 0.4) is 0 Å². The maximum Gasteiger partial charge on any atom is 0.321 e. The maximum atomic E-state index is 11.9. The molecule has 118 valence electrons. The molecular formula is C18H17NO4. The van der Waals surface area contributed by atoms with Crippen LogP contribution >= 0.6 is 0 Å². The lowest BCUT2D eigenvalue weighted by Crippen LogP contribution is -2.35. The van der Waals surface area contributed by atoms with Gasteiger partial charge in [0.05, 0.1) is 5.92 Å². The summed E-state index contributed by atoms with van der Waals surface area (Å²) in [6.07, 6.45) is 0. The predicted octanol–water partition coefficient (Wildman–Crippen LogP) is 2.27. The van der Waals surface area contributed by atoms with Gasteiger partial charge in [0, 0.05) is 12.0 Å². The van der Waals surface area contributed by atoms with Crippen molar-refractivity contribution in [1.29, 1.82) is 0 Å². The maximum absolute atomic E-state index is 11.9. The fourth-order valence-electron chi connectivity index (χ4n) is 3.38. The smallest absolute Gasteiger partial charge is 0.321 e. The van der Waals surface area contributed by atoms with Gasteiger partial charge in [-0.2, -0.15) is 0 Å². The molecule has 1 aliphatic heterocycles. The van der Waals surface area contributed by atoms with Crippen molar-refractivity contribution in [2.75, 3.05) is 0 Å². The zero-order valence-electron chi connectivity index (χ0n) is 12.3. The van der Waals surface area contributed by atoms with Gasteiger partial charge in [-0.15, -0.1) is 0 Å². The highest BCUT2D eigenvalue weighted by molar-refractivity contribution is 5.81. The first kappa shape index (κ1) is 15.2. The van der Waals surface area contributed by atoms with E-state index >= 15 is 0 Å². The Hall–Kier alpha value is -2.66. The molecule has 23 heavy (non-hydrogen) atoms. The van der Waals surface area contributed by atoms with Crippen LogP contribution in [0.1, 0.15) is 23.1 Å². The fourth-order valence-corrected chi connectivity index (χ4v) is 3.38. The van der Waals surface area contributed by atoms with E-state index in [9.17, 15) is 19.8 Å². The Morgan fingerprint density at radius 2 is 1.30 bits per heavy atom. The zero-order chi connectivity index (χ0) is 16.4. The third-order valence-electron chi connectivity index (χ3n) is 4.36. The van der Waals surface area contributed by atoms with Crippen molar-refractivity contribution >= 4 is 11.9 Å². The monoisotopic (exact) mass is 311 g/mol. The number of carboxylic acid groups (broad SMARTS) is 2. The van der Waals surface area contributed by atoms with E-state index in [1.165, 1.54) is 0 Å². The molecule has 0 spiro atoms. The summed E-state index contributed by atoms with van der Waals surface area (Å²) in [5.74, 6) is -3.51. The van der Waals surface area contributed by atoms with Crippen LogP contribution in [0, 0.1) is 5.92 Å². The molecule has 1 fully saturated rings. The van der Waals surface area contributed by atoms with Gasteiger partial charge in [-0.05, 0) is 11.1 Å². The van der Waals surface area contributed by atoms with E-state index in [-0.39, 0.29) is 0 Å². The van der Waals surface area contributed by atoms with E-state index in [2.05, 4.69) is 5.32 Å². The molecular weight excluding hydrogens is 294 g/mol. The molecule has 0 saturated carbocycles. The summed E-state index contributed by atoms with van der Waals surface area (Å²) in [4.78, 5) is 23.6. The van der Waals surface area contributed by atoms with Gasteiger partial charge < -0.3 is 10.2 Å². The summed E-state index contributed by atoms with van der Waals surface area (Å²) in [5, 5.41) is 22.3. The van der Waals surface area contributed by atoms with Crippen LogP contribution in [0.4, 0.5) is 0 Å². The number of hydrogen-bond acceptors (Lipinski definition) is 3. The van der Waals surface area contributed by atoms with Crippen LogP contribution in [0.2, 0.25) is 0 Å². The van der Waals surface area contributed by atoms with Gasteiger partial charge in [0.25, 0.3) is 0 Å². The van der Waals surface area contributed by atoms with Crippen LogP contribution < -0.4 is 5.32 Å². The van der Waals surface area contributed by atoms with E-state index in [1.54, 1.807) is 24.3 Å². The minimum absolute atomic E-state index is 0.542. The summed E-state index contributed by atoms with van der Waals surface area (Å²) in [5.41, 5.74) is 1.50. The highest BCUT2D eigenvalue weighted by atomic mass is 16.4. The Bertz CT molecular complexity index is 701. The number of carboxylic acids is 2. The van der Waals surface area contributed by atoms with E-state index in [1.807, 2.05) is 36.4 Å². The quantitative estimate of drug-likeness (QED) is 0.806. The second-order valence-electron chi connectivity index (χ2n) is 5.67. The van der Waals surface area contributed by atoms with Gasteiger partial charge in [-0.3, -0.25) is 14.9 Å². The molecule has 1 heterocycles. The van der Waals surface area contributed by atoms with Gasteiger partial charge in [-0.1, -0.05) is 60.7 Å². The lowest BCUT2D eigenvalue weighted by atomic mass is 9.80. The second kappa shape index (κ2) is 6.22. The molecule has 0 aliphatic carbocycles. The Morgan fingerprint density at radius 3 is 1.78 bits per heavy atom. The van der Waals surface area contributed by atoms with Crippen molar-refractivity contribution in [2.45, 2.75) is 18.0 Å². The normalized spacial score (nSPS) is 26.8. The van der Waals surface area contributed by atoms with Crippen molar-refractivity contribution in [3.8, 4) is 0 Å². The molecule has 5 heteroatoms. The lowest BCUT2D eigenvalue weighted by molar-refractivity contribution is -0.143. The number of nitrogens with one attached hydrogen (secondary N) is 1. The molecule has 0 unspecified atom stereocenters. The molecule has 1 aliphatic rings. The Balaban J connectivity index is 2.07. The van der Waals surface area contributed by atoms with Crippen LogP contribution in [0.25, 0.3) is 0 Å². The van der Waals surface area contributed by atoms with Gasteiger partial charge in [0.1, 0.15) is 6.04 Å². The molecule has 4 atom stereocenters. The molecule has 0 aromatic heterocycles. The summed E-state index contributed by atoms with van der Waals surface area (Å²) in [7, 11) is 0. The Morgan fingerprint density at radius 1 is 0.783 bits per heavy atom. The van der Waals surface area contributed by atoms with E-state index in [4.69, 9.17) is 0 Å². The first-order chi connectivity index (χ1) is 11.1. The highest BCUT2D eigenvalue weighted by Crippen LogP contribution is 2.43. The third-order valence-corrected chi connectivity index (χ3v) is 4.36. The molecule has 0 radical (unpaired) electrons. The molecule has 0 amide bonds. The van der Waals surface area contributed by atoms with Crippen LogP contribution in [0.15, 0.2) is 60.7 Å². The average Bonchev–Trinajstić information content (AvgIpc) is 2.97. The van der Waals surface area contributed by atoms with Crippen molar-refractivity contribution in [3.05, 3.63) is 71.8 Å². The molecule has 2 aromatic rings. The standard InChI is InChI=1S/C18H17NO4/c20-17(21)14-13(11-7-3-1-4-8-11)16(18(22)23)19-15(14)12-9-5-2-6-10-12/h1-10,13-16,19H,(H,20,21)(H,22,23)/t13-,14-,15+,16+/m1/s1. The minimum atomic E-state index is -1.04. The van der Waals surface area contributed by atoms with E-state index in [0.717, 1.165) is 11.1 Å². The largest absolute Gasteiger partial charge is 0.481 e. The van der Waals surface area contributed by atoms with Gasteiger partial charge in [0.15, 0.2) is 0 Å². The number of hydrogen-bond donors (Lipinski definition) is 3. The summed E-state index contributed by atoms with van der Waals surface area (Å²) in [6, 6.07) is 16.6. The number of aliphatic carboxylic acids is 2. The SMILES string of the molecule is O=C(O)[C@@H]1[C@@H](c2ccccc2)[C@@H](C(=O)O)N[C@H]1c1ccccc1. The number of benzene rings is 2. The molecule has 1 saturated heterocycles.